The number of rotatable bonds is 7. The van der Waals surface area contributed by atoms with Gasteiger partial charge in [0.15, 0.2) is 0 Å². The van der Waals surface area contributed by atoms with Gasteiger partial charge in [-0.2, -0.15) is 0 Å². The van der Waals surface area contributed by atoms with Crippen molar-refractivity contribution in [2.45, 2.75) is 22.8 Å². The summed E-state index contributed by atoms with van der Waals surface area (Å²) in [5.41, 5.74) is 2.63. The van der Waals surface area contributed by atoms with Gasteiger partial charge in [0.1, 0.15) is 5.75 Å². The number of nitrogens with one attached hydrogen (secondary N) is 1. The van der Waals surface area contributed by atoms with Crippen LogP contribution in [0.3, 0.4) is 0 Å². The molecule has 0 aliphatic carbocycles. The number of aromatic hydroxyl groups is 1. The highest BCUT2D eigenvalue weighted by atomic mass is 32.2. The van der Waals surface area contributed by atoms with Crippen molar-refractivity contribution >= 4 is 11.8 Å². The van der Waals surface area contributed by atoms with E-state index in [0.29, 0.717) is 5.75 Å². The number of hydrogen-bond acceptors (Lipinski definition) is 3. The zero-order valence-electron chi connectivity index (χ0n) is 13.5. The van der Waals surface area contributed by atoms with Crippen molar-refractivity contribution < 1.29 is 5.11 Å². The Morgan fingerprint density at radius 1 is 0.750 bits per heavy atom. The second-order valence-electron chi connectivity index (χ2n) is 5.66. The molecule has 0 unspecified atom stereocenters. The van der Waals surface area contributed by atoms with Gasteiger partial charge in [-0.25, -0.2) is 0 Å². The van der Waals surface area contributed by atoms with Crippen molar-refractivity contribution in [1.82, 2.24) is 5.32 Å². The van der Waals surface area contributed by atoms with E-state index in [1.807, 2.05) is 18.2 Å². The molecule has 0 spiro atoms. The van der Waals surface area contributed by atoms with Crippen LogP contribution in [0.15, 0.2) is 88.7 Å². The van der Waals surface area contributed by atoms with Gasteiger partial charge in [0.2, 0.25) is 0 Å². The van der Waals surface area contributed by atoms with Crippen molar-refractivity contribution in [2.24, 2.45) is 0 Å². The molecule has 3 heteroatoms. The van der Waals surface area contributed by atoms with Crippen LogP contribution >= 0.6 is 11.8 Å². The molecule has 0 fully saturated rings. The Bertz CT molecular complexity index is 774. The molecule has 0 heterocycles. The van der Waals surface area contributed by atoms with Gasteiger partial charge in [-0.05, 0) is 54.4 Å². The minimum atomic E-state index is 0.307. The first-order valence-electron chi connectivity index (χ1n) is 8.10. The number of benzene rings is 3. The van der Waals surface area contributed by atoms with Crippen LogP contribution in [0.4, 0.5) is 0 Å². The van der Waals surface area contributed by atoms with Crippen molar-refractivity contribution in [3.63, 3.8) is 0 Å². The maximum Gasteiger partial charge on any atom is 0.116 e. The van der Waals surface area contributed by atoms with Crippen molar-refractivity contribution in [3.8, 4) is 5.75 Å². The highest BCUT2D eigenvalue weighted by molar-refractivity contribution is 7.99. The van der Waals surface area contributed by atoms with Crippen molar-refractivity contribution in [1.29, 1.82) is 0 Å². The zero-order valence-corrected chi connectivity index (χ0v) is 14.3. The Kier molecular flexibility index (Phi) is 5.94. The maximum absolute atomic E-state index is 9.56. The van der Waals surface area contributed by atoms with Gasteiger partial charge >= 0.3 is 0 Å². The second kappa shape index (κ2) is 8.57. The zero-order chi connectivity index (χ0) is 16.6. The normalized spacial score (nSPS) is 10.7. The van der Waals surface area contributed by atoms with Crippen molar-refractivity contribution in [3.05, 3.63) is 90.0 Å². The standard InChI is InChI=1S/C21H21NOS/c23-19-9-5-11-21(15-19)24-20-10-4-8-17(14-20)12-13-22-16-18-6-2-1-3-7-18/h1-11,14-15,22-23H,12-13,16H2. The number of hydrogen-bond donors (Lipinski definition) is 2. The monoisotopic (exact) mass is 335 g/mol. The van der Waals surface area contributed by atoms with E-state index in [-0.39, 0.29) is 0 Å². The van der Waals surface area contributed by atoms with Crippen LogP contribution in [0.2, 0.25) is 0 Å². The first-order valence-corrected chi connectivity index (χ1v) is 8.92. The Balaban J connectivity index is 1.51. The van der Waals surface area contributed by atoms with Crippen LogP contribution in [-0.2, 0) is 13.0 Å². The van der Waals surface area contributed by atoms with E-state index < -0.39 is 0 Å². The van der Waals surface area contributed by atoms with Gasteiger partial charge in [-0.15, -0.1) is 0 Å². The van der Waals surface area contributed by atoms with Gasteiger partial charge in [-0.1, -0.05) is 60.3 Å². The summed E-state index contributed by atoms with van der Waals surface area (Å²) in [5.74, 6) is 0.307. The SMILES string of the molecule is Oc1cccc(Sc2cccc(CCNCc3ccccc3)c2)c1. The van der Waals surface area contributed by atoms with Gasteiger partial charge < -0.3 is 10.4 Å². The molecule has 0 aliphatic heterocycles. The molecule has 3 aromatic rings. The summed E-state index contributed by atoms with van der Waals surface area (Å²) in [7, 11) is 0. The van der Waals surface area contributed by atoms with Crippen LogP contribution in [0.5, 0.6) is 5.75 Å². The minimum absolute atomic E-state index is 0.307. The van der Waals surface area contributed by atoms with Crippen LogP contribution < -0.4 is 5.32 Å². The maximum atomic E-state index is 9.56. The van der Waals surface area contributed by atoms with Gasteiger partial charge in [-0.3, -0.25) is 0 Å². The molecule has 0 saturated heterocycles. The molecular formula is C21H21NOS. The fourth-order valence-electron chi connectivity index (χ4n) is 2.51. The quantitative estimate of drug-likeness (QED) is 0.604. The predicted octanol–water partition coefficient (Wildman–Crippen LogP) is 4.88. The third-order valence-electron chi connectivity index (χ3n) is 3.71. The molecule has 0 atom stereocenters. The second-order valence-corrected chi connectivity index (χ2v) is 6.81. The summed E-state index contributed by atoms with van der Waals surface area (Å²) in [6, 6.07) is 26.4. The third-order valence-corrected chi connectivity index (χ3v) is 4.69. The summed E-state index contributed by atoms with van der Waals surface area (Å²) < 4.78 is 0. The molecule has 122 valence electrons. The van der Waals surface area contributed by atoms with Crippen molar-refractivity contribution in [2.75, 3.05) is 6.54 Å². The number of phenolic OH excluding ortho intramolecular Hbond substituents is 1. The lowest BCUT2D eigenvalue weighted by atomic mass is 10.1. The van der Waals surface area contributed by atoms with Gasteiger partial charge in [0.05, 0.1) is 0 Å². The van der Waals surface area contributed by atoms with E-state index in [9.17, 15) is 5.11 Å². The van der Waals surface area contributed by atoms with E-state index in [0.717, 1.165) is 24.4 Å². The Hall–Kier alpha value is -2.23. The smallest absolute Gasteiger partial charge is 0.116 e. The number of phenols is 1. The molecule has 0 radical (unpaired) electrons. The highest BCUT2D eigenvalue weighted by Crippen LogP contribution is 2.30. The van der Waals surface area contributed by atoms with E-state index >= 15 is 0 Å². The largest absolute Gasteiger partial charge is 0.508 e. The van der Waals surface area contributed by atoms with Crippen LogP contribution in [0, 0.1) is 0 Å². The average Bonchev–Trinajstić information content (AvgIpc) is 2.60. The Morgan fingerprint density at radius 3 is 2.25 bits per heavy atom. The van der Waals surface area contributed by atoms with E-state index in [1.165, 1.54) is 16.0 Å². The lowest BCUT2D eigenvalue weighted by molar-refractivity contribution is 0.474. The molecule has 2 N–H and O–H groups in total. The lowest BCUT2D eigenvalue weighted by Crippen LogP contribution is -2.16. The fourth-order valence-corrected chi connectivity index (χ4v) is 3.46. The minimum Gasteiger partial charge on any atom is -0.508 e. The molecule has 24 heavy (non-hydrogen) atoms. The summed E-state index contributed by atoms with van der Waals surface area (Å²) in [4.78, 5) is 2.25. The topological polar surface area (TPSA) is 32.3 Å². The fraction of sp³-hybridized carbons (Fsp3) is 0.143. The molecule has 0 aromatic heterocycles. The molecule has 3 rings (SSSR count). The van der Waals surface area contributed by atoms with E-state index in [2.05, 4.69) is 53.8 Å². The Morgan fingerprint density at radius 2 is 1.46 bits per heavy atom. The van der Waals surface area contributed by atoms with Crippen LogP contribution in [0.25, 0.3) is 0 Å². The summed E-state index contributed by atoms with van der Waals surface area (Å²) in [5, 5.41) is 13.0. The first kappa shape index (κ1) is 16.6. The molecule has 0 amide bonds. The highest BCUT2D eigenvalue weighted by Gasteiger charge is 2.01. The van der Waals surface area contributed by atoms with E-state index in [1.54, 1.807) is 23.9 Å². The molecule has 3 aromatic carbocycles. The molecule has 0 aliphatic rings. The summed E-state index contributed by atoms with van der Waals surface area (Å²) in [6.07, 6.45) is 1.00. The molecule has 0 bridgehead atoms. The predicted molar refractivity (Wildman–Crippen MR) is 101 cm³/mol. The van der Waals surface area contributed by atoms with Gasteiger partial charge in [0.25, 0.3) is 0 Å². The first-order chi connectivity index (χ1) is 11.8. The molecular weight excluding hydrogens is 314 g/mol. The lowest BCUT2D eigenvalue weighted by Gasteiger charge is -2.07. The summed E-state index contributed by atoms with van der Waals surface area (Å²) >= 11 is 1.67. The van der Waals surface area contributed by atoms with Gasteiger partial charge in [0, 0.05) is 16.3 Å². The van der Waals surface area contributed by atoms with Crippen LogP contribution in [-0.4, -0.2) is 11.7 Å². The Labute approximate surface area is 147 Å². The average molecular weight is 335 g/mol. The summed E-state index contributed by atoms with van der Waals surface area (Å²) in [6.45, 7) is 1.85. The molecule has 0 saturated carbocycles. The molecule has 2 nitrogen and oxygen atoms in total. The van der Waals surface area contributed by atoms with Crippen LogP contribution in [0.1, 0.15) is 11.1 Å². The van der Waals surface area contributed by atoms with E-state index in [4.69, 9.17) is 0 Å². The third kappa shape index (κ3) is 5.15.